The summed E-state index contributed by atoms with van der Waals surface area (Å²) in [4.78, 5) is 12.1. The van der Waals surface area contributed by atoms with Gasteiger partial charge < -0.3 is 5.32 Å². The topological polar surface area (TPSA) is 57.8 Å². The zero-order valence-electron chi connectivity index (χ0n) is 10.8. The number of amides is 1. The molecule has 1 amide bonds. The molecule has 1 spiro atoms. The highest BCUT2D eigenvalue weighted by molar-refractivity contribution is 9.10. The first-order valence-corrected chi connectivity index (χ1v) is 7.58. The Balaban J connectivity index is 1.49. The molecule has 2 N–H and O–H groups in total. The summed E-state index contributed by atoms with van der Waals surface area (Å²) in [5.41, 5.74) is 2.79. The molecule has 2 aliphatic carbocycles. The molecule has 0 saturated heterocycles. The lowest BCUT2D eigenvalue weighted by molar-refractivity contribution is 0.0943. The first kappa shape index (κ1) is 12.1. The van der Waals surface area contributed by atoms with Gasteiger partial charge in [0.2, 0.25) is 0 Å². The first-order chi connectivity index (χ1) is 9.66. The molecule has 1 aromatic carbocycles. The molecule has 20 heavy (non-hydrogen) atoms. The minimum atomic E-state index is -0.0466. The quantitative estimate of drug-likeness (QED) is 0.907. The van der Waals surface area contributed by atoms with E-state index in [-0.39, 0.29) is 5.91 Å². The van der Waals surface area contributed by atoms with E-state index >= 15 is 0 Å². The molecule has 1 atom stereocenters. The highest BCUT2D eigenvalue weighted by atomic mass is 79.9. The number of carbonyl (C=O) groups is 1. The summed E-state index contributed by atoms with van der Waals surface area (Å²) < 4.78 is 1.03. The molecule has 4 nitrogen and oxygen atoms in total. The Labute approximate surface area is 125 Å². The van der Waals surface area contributed by atoms with Gasteiger partial charge in [-0.2, -0.15) is 5.10 Å². The first-order valence-electron chi connectivity index (χ1n) is 6.79. The van der Waals surface area contributed by atoms with Crippen molar-refractivity contribution in [1.82, 2.24) is 15.5 Å². The van der Waals surface area contributed by atoms with Gasteiger partial charge in [0, 0.05) is 16.1 Å². The van der Waals surface area contributed by atoms with Gasteiger partial charge in [0.15, 0.2) is 0 Å². The van der Waals surface area contributed by atoms with E-state index in [9.17, 15) is 4.79 Å². The smallest absolute Gasteiger partial charge is 0.269 e. The van der Waals surface area contributed by atoms with Gasteiger partial charge in [-0.15, -0.1) is 0 Å². The van der Waals surface area contributed by atoms with Crippen LogP contribution in [0, 0.1) is 5.41 Å². The van der Waals surface area contributed by atoms with E-state index in [1.807, 2.05) is 24.3 Å². The second-order valence-electron chi connectivity index (χ2n) is 5.77. The van der Waals surface area contributed by atoms with Gasteiger partial charge in [0.05, 0.1) is 5.69 Å². The number of hydrogen-bond donors (Lipinski definition) is 2. The van der Waals surface area contributed by atoms with E-state index in [1.165, 1.54) is 12.8 Å². The molecule has 2 aliphatic rings. The summed E-state index contributed by atoms with van der Waals surface area (Å²) in [5.74, 6) is -0.0466. The molecule has 1 unspecified atom stereocenters. The van der Waals surface area contributed by atoms with Gasteiger partial charge in [-0.05, 0) is 42.9 Å². The highest BCUT2D eigenvalue weighted by Gasteiger charge is 2.63. The van der Waals surface area contributed by atoms with Crippen LogP contribution in [0.3, 0.4) is 0 Å². The van der Waals surface area contributed by atoms with Crippen LogP contribution < -0.4 is 5.32 Å². The third-order valence-electron chi connectivity index (χ3n) is 4.35. The fourth-order valence-corrected chi connectivity index (χ4v) is 2.97. The van der Waals surface area contributed by atoms with E-state index in [1.54, 1.807) is 6.07 Å². The molecule has 1 aromatic heterocycles. The number of H-pyrrole nitrogens is 1. The Kier molecular flexibility index (Phi) is 2.54. The number of aromatic amines is 1. The molecule has 2 saturated carbocycles. The lowest BCUT2D eigenvalue weighted by Crippen LogP contribution is -2.27. The van der Waals surface area contributed by atoms with Crippen LogP contribution in [0.2, 0.25) is 0 Å². The van der Waals surface area contributed by atoms with Gasteiger partial charge in [-0.3, -0.25) is 9.89 Å². The van der Waals surface area contributed by atoms with Gasteiger partial charge >= 0.3 is 0 Å². The van der Waals surface area contributed by atoms with Crippen molar-refractivity contribution in [3.05, 3.63) is 40.5 Å². The van der Waals surface area contributed by atoms with Crippen LogP contribution in [0.5, 0.6) is 0 Å². The van der Waals surface area contributed by atoms with E-state index in [0.717, 1.165) is 22.2 Å². The lowest BCUT2D eigenvalue weighted by Gasteiger charge is -2.00. The van der Waals surface area contributed by atoms with Crippen molar-refractivity contribution >= 4 is 21.8 Å². The highest BCUT2D eigenvalue weighted by Crippen LogP contribution is 2.65. The van der Waals surface area contributed by atoms with Crippen molar-refractivity contribution in [3.8, 4) is 11.3 Å². The average molecular weight is 332 g/mol. The minimum Gasteiger partial charge on any atom is -0.347 e. The van der Waals surface area contributed by atoms with Crippen molar-refractivity contribution in [1.29, 1.82) is 0 Å². The third-order valence-corrected chi connectivity index (χ3v) is 4.88. The SMILES string of the molecule is O=C(NC1CC12CC2)c1cc(-c2ccc(Br)cc2)n[nH]1. The Morgan fingerprint density at radius 3 is 2.75 bits per heavy atom. The van der Waals surface area contributed by atoms with Gasteiger partial charge in [-0.1, -0.05) is 28.1 Å². The molecule has 2 aromatic rings. The normalized spacial score (nSPS) is 21.8. The largest absolute Gasteiger partial charge is 0.347 e. The molecule has 0 bridgehead atoms. The Bertz CT molecular complexity index is 673. The number of hydrogen-bond acceptors (Lipinski definition) is 2. The van der Waals surface area contributed by atoms with Crippen LogP contribution in [0.4, 0.5) is 0 Å². The molecule has 0 radical (unpaired) electrons. The van der Waals surface area contributed by atoms with Crippen molar-refractivity contribution < 1.29 is 4.79 Å². The summed E-state index contributed by atoms with van der Waals surface area (Å²) in [5, 5.41) is 10.1. The number of aromatic nitrogens is 2. The molecule has 102 valence electrons. The average Bonchev–Trinajstić information content (AvgIpc) is 3.30. The van der Waals surface area contributed by atoms with E-state index in [4.69, 9.17) is 0 Å². The predicted molar refractivity (Wildman–Crippen MR) is 79.3 cm³/mol. The van der Waals surface area contributed by atoms with Crippen LogP contribution >= 0.6 is 15.9 Å². The molecule has 5 heteroatoms. The third kappa shape index (κ3) is 2.06. The number of carbonyl (C=O) groups excluding carboxylic acids is 1. The Hall–Kier alpha value is -1.62. The molecular formula is C15H14BrN3O. The minimum absolute atomic E-state index is 0.0466. The van der Waals surface area contributed by atoms with Crippen molar-refractivity contribution in [2.24, 2.45) is 5.41 Å². The second-order valence-corrected chi connectivity index (χ2v) is 6.68. The number of nitrogens with zero attached hydrogens (tertiary/aromatic N) is 1. The number of benzene rings is 1. The monoisotopic (exact) mass is 331 g/mol. The fourth-order valence-electron chi connectivity index (χ4n) is 2.71. The van der Waals surface area contributed by atoms with Gasteiger partial charge in [0.1, 0.15) is 5.69 Å². The van der Waals surface area contributed by atoms with Crippen molar-refractivity contribution in [2.45, 2.75) is 25.3 Å². The Morgan fingerprint density at radius 1 is 1.35 bits per heavy atom. The molecule has 4 rings (SSSR count). The fraction of sp³-hybridized carbons (Fsp3) is 0.333. The van der Waals surface area contributed by atoms with Crippen LogP contribution in [-0.2, 0) is 0 Å². The predicted octanol–water partition coefficient (Wildman–Crippen LogP) is 3.12. The summed E-state index contributed by atoms with van der Waals surface area (Å²) in [6, 6.07) is 10.1. The maximum absolute atomic E-state index is 12.1. The summed E-state index contributed by atoms with van der Waals surface area (Å²) in [6.45, 7) is 0. The summed E-state index contributed by atoms with van der Waals surface area (Å²) in [7, 11) is 0. The number of rotatable bonds is 3. The molecular weight excluding hydrogens is 318 g/mol. The van der Waals surface area contributed by atoms with E-state index in [2.05, 4.69) is 31.4 Å². The van der Waals surface area contributed by atoms with Crippen LogP contribution in [-0.4, -0.2) is 22.1 Å². The maximum atomic E-state index is 12.1. The maximum Gasteiger partial charge on any atom is 0.269 e. The van der Waals surface area contributed by atoms with E-state index in [0.29, 0.717) is 17.2 Å². The van der Waals surface area contributed by atoms with Gasteiger partial charge in [0.25, 0.3) is 5.91 Å². The van der Waals surface area contributed by atoms with Crippen LogP contribution in [0.1, 0.15) is 29.8 Å². The lowest BCUT2D eigenvalue weighted by atomic mass is 10.1. The number of nitrogens with one attached hydrogen (secondary N) is 2. The molecule has 0 aliphatic heterocycles. The Morgan fingerprint density at radius 2 is 2.10 bits per heavy atom. The standard InChI is InChI=1S/C15H14BrN3O/c16-10-3-1-9(2-4-10)11-7-12(19-18-11)14(20)17-13-8-15(13)5-6-15/h1-4,7,13H,5-6,8H2,(H,17,20)(H,18,19). The summed E-state index contributed by atoms with van der Waals surface area (Å²) >= 11 is 3.40. The van der Waals surface area contributed by atoms with Crippen LogP contribution in [0.15, 0.2) is 34.8 Å². The van der Waals surface area contributed by atoms with E-state index < -0.39 is 0 Å². The summed E-state index contributed by atoms with van der Waals surface area (Å²) in [6.07, 6.45) is 3.68. The zero-order chi connectivity index (χ0) is 13.7. The number of halogens is 1. The van der Waals surface area contributed by atoms with Gasteiger partial charge in [-0.25, -0.2) is 0 Å². The van der Waals surface area contributed by atoms with Crippen LogP contribution in [0.25, 0.3) is 11.3 Å². The zero-order valence-corrected chi connectivity index (χ0v) is 12.4. The molecule has 1 heterocycles. The van der Waals surface area contributed by atoms with Crippen molar-refractivity contribution in [3.63, 3.8) is 0 Å². The second kappa shape index (κ2) is 4.19. The molecule has 2 fully saturated rings. The van der Waals surface area contributed by atoms with Crippen molar-refractivity contribution in [2.75, 3.05) is 0 Å².